The zero-order valence-corrected chi connectivity index (χ0v) is 17.0. The quantitative estimate of drug-likeness (QED) is 0.732. The van der Waals surface area contributed by atoms with Crippen molar-refractivity contribution in [1.82, 2.24) is 4.90 Å². The molecule has 1 fully saturated rings. The van der Waals surface area contributed by atoms with Crippen LogP contribution in [0.3, 0.4) is 0 Å². The minimum absolute atomic E-state index is 0.0109. The predicted molar refractivity (Wildman–Crippen MR) is 115 cm³/mol. The van der Waals surface area contributed by atoms with Crippen molar-refractivity contribution in [1.29, 1.82) is 0 Å². The number of nitrogens with zero attached hydrogens (tertiary/aromatic N) is 2. The zero-order valence-electron chi connectivity index (χ0n) is 17.0. The second-order valence-corrected chi connectivity index (χ2v) is 7.36. The van der Waals surface area contributed by atoms with Gasteiger partial charge in [-0.2, -0.15) is 0 Å². The van der Waals surface area contributed by atoms with Gasteiger partial charge in [-0.1, -0.05) is 0 Å². The first-order valence-corrected chi connectivity index (χ1v) is 9.91. The number of Topliss-reactive ketones (excluding diaryl/α,β-unsaturated/α-hetero) is 2. The largest absolute Gasteiger partial charge is 0.369 e. The lowest BCUT2D eigenvalue weighted by molar-refractivity contribution is -0.116. The molecule has 1 saturated heterocycles. The summed E-state index contributed by atoms with van der Waals surface area (Å²) in [4.78, 5) is 39.5. The van der Waals surface area contributed by atoms with E-state index >= 15 is 0 Å². The first-order chi connectivity index (χ1) is 13.9. The van der Waals surface area contributed by atoms with E-state index in [2.05, 4.69) is 15.1 Å². The molecule has 2 aromatic carbocycles. The van der Waals surface area contributed by atoms with Gasteiger partial charge in [0, 0.05) is 61.6 Å². The van der Waals surface area contributed by atoms with Gasteiger partial charge in [-0.3, -0.25) is 19.3 Å². The average Bonchev–Trinajstić information content (AvgIpc) is 2.73. The number of rotatable bonds is 7. The van der Waals surface area contributed by atoms with Crippen LogP contribution >= 0.6 is 0 Å². The van der Waals surface area contributed by atoms with Gasteiger partial charge in [0.15, 0.2) is 11.6 Å². The van der Waals surface area contributed by atoms with E-state index in [0.717, 1.165) is 37.4 Å². The smallest absolute Gasteiger partial charge is 0.225 e. The molecule has 0 radical (unpaired) electrons. The maximum Gasteiger partial charge on any atom is 0.225 e. The van der Waals surface area contributed by atoms with Crippen LogP contribution in [0, 0.1) is 0 Å². The summed E-state index contributed by atoms with van der Waals surface area (Å²) in [5.74, 6) is 0.0640. The van der Waals surface area contributed by atoms with Crippen molar-refractivity contribution in [2.75, 3.05) is 42.9 Å². The third-order valence-electron chi connectivity index (χ3n) is 5.24. The summed E-state index contributed by atoms with van der Waals surface area (Å²) in [5, 5.41) is 2.88. The summed E-state index contributed by atoms with van der Waals surface area (Å²) < 4.78 is 0. The number of hydrogen-bond donors (Lipinski definition) is 1. The van der Waals surface area contributed by atoms with Crippen molar-refractivity contribution in [3.05, 3.63) is 59.7 Å². The fourth-order valence-corrected chi connectivity index (χ4v) is 3.41. The Kier molecular flexibility index (Phi) is 6.77. The summed E-state index contributed by atoms with van der Waals surface area (Å²) >= 11 is 0. The lowest BCUT2D eigenvalue weighted by Gasteiger charge is -2.36. The molecule has 0 aromatic heterocycles. The topological polar surface area (TPSA) is 69.7 Å². The Labute approximate surface area is 171 Å². The Balaban J connectivity index is 1.41. The molecule has 0 spiro atoms. The predicted octanol–water partition coefficient (Wildman–Crippen LogP) is 3.24. The Morgan fingerprint density at radius 3 is 1.83 bits per heavy atom. The van der Waals surface area contributed by atoms with Crippen LogP contribution in [0.1, 0.15) is 41.0 Å². The highest BCUT2D eigenvalue weighted by Crippen LogP contribution is 2.18. The average molecular weight is 393 g/mol. The van der Waals surface area contributed by atoms with Crippen LogP contribution in [-0.4, -0.2) is 55.1 Å². The van der Waals surface area contributed by atoms with Gasteiger partial charge in [0.05, 0.1) is 0 Å². The van der Waals surface area contributed by atoms with Crippen LogP contribution < -0.4 is 10.2 Å². The first-order valence-electron chi connectivity index (χ1n) is 9.91. The molecular formula is C23H27N3O3. The molecule has 1 aliphatic rings. The zero-order chi connectivity index (χ0) is 20.8. The van der Waals surface area contributed by atoms with Gasteiger partial charge in [0.25, 0.3) is 0 Å². The van der Waals surface area contributed by atoms with Crippen molar-refractivity contribution in [3.63, 3.8) is 0 Å². The van der Waals surface area contributed by atoms with Gasteiger partial charge in [-0.05, 0) is 62.4 Å². The normalized spacial score (nSPS) is 14.5. The first kappa shape index (κ1) is 20.7. The molecule has 3 rings (SSSR count). The number of carbonyl (C=O) groups excluding carboxylic acids is 3. The summed E-state index contributed by atoms with van der Waals surface area (Å²) in [7, 11) is 0. The van der Waals surface area contributed by atoms with E-state index in [-0.39, 0.29) is 17.5 Å². The highest BCUT2D eigenvalue weighted by Gasteiger charge is 2.18. The third-order valence-corrected chi connectivity index (χ3v) is 5.24. The van der Waals surface area contributed by atoms with Gasteiger partial charge in [0.1, 0.15) is 0 Å². The molecule has 6 nitrogen and oxygen atoms in total. The van der Waals surface area contributed by atoms with Crippen LogP contribution in [0.25, 0.3) is 0 Å². The van der Waals surface area contributed by atoms with Gasteiger partial charge < -0.3 is 10.2 Å². The van der Waals surface area contributed by atoms with E-state index in [9.17, 15) is 14.4 Å². The highest BCUT2D eigenvalue weighted by atomic mass is 16.1. The summed E-state index contributed by atoms with van der Waals surface area (Å²) in [6, 6.07) is 14.7. The van der Waals surface area contributed by atoms with Crippen LogP contribution in [-0.2, 0) is 4.79 Å². The summed E-state index contributed by atoms with van der Waals surface area (Å²) in [6.07, 6.45) is 0.432. The number of hydrogen-bond acceptors (Lipinski definition) is 5. The SMILES string of the molecule is CC(=O)c1ccc(NC(=O)CCN2CCN(c3ccc(C(C)=O)cc3)CC2)cc1. The fraction of sp³-hybridized carbons (Fsp3) is 0.348. The number of ketones is 2. The Hall–Kier alpha value is -2.99. The minimum atomic E-state index is -0.0252. The van der Waals surface area contributed by atoms with Crippen molar-refractivity contribution in [3.8, 4) is 0 Å². The van der Waals surface area contributed by atoms with Gasteiger partial charge in [-0.15, -0.1) is 0 Å². The molecular weight excluding hydrogens is 366 g/mol. The molecule has 2 aromatic rings. The monoisotopic (exact) mass is 393 g/mol. The number of nitrogens with one attached hydrogen (secondary N) is 1. The van der Waals surface area contributed by atoms with Crippen molar-refractivity contribution < 1.29 is 14.4 Å². The molecule has 1 aliphatic heterocycles. The second kappa shape index (κ2) is 9.47. The number of benzene rings is 2. The Morgan fingerprint density at radius 1 is 0.793 bits per heavy atom. The lowest BCUT2D eigenvalue weighted by atomic mass is 10.1. The van der Waals surface area contributed by atoms with E-state index in [1.165, 1.54) is 6.92 Å². The van der Waals surface area contributed by atoms with Crippen LogP contribution in [0.2, 0.25) is 0 Å². The van der Waals surface area contributed by atoms with Crippen LogP contribution in [0.5, 0.6) is 0 Å². The molecule has 29 heavy (non-hydrogen) atoms. The summed E-state index contributed by atoms with van der Waals surface area (Å²) in [6.45, 7) is 7.40. The highest BCUT2D eigenvalue weighted by molar-refractivity contribution is 5.95. The Morgan fingerprint density at radius 2 is 1.31 bits per heavy atom. The van der Waals surface area contributed by atoms with Gasteiger partial charge in [-0.25, -0.2) is 0 Å². The van der Waals surface area contributed by atoms with Crippen molar-refractivity contribution >= 4 is 28.8 Å². The number of anilines is 2. The molecule has 1 heterocycles. The van der Waals surface area contributed by atoms with E-state index in [1.54, 1.807) is 31.2 Å². The molecule has 0 bridgehead atoms. The number of amides is 1. The lowest BCUT2D eigenvalue weighted by Crippen LogP contribution is -2.47. The summed E-state index contributed by atoms with van der Waals surface area (Å²) in [5.41, 5.74) is 3.20. The van der Waals surface area contributed by atoms with Gasteiger partial charge in [0.2, 0.25) is 5.91 Å². The molecule has 0 atom stereocenters. The molecule has 0 unspecified atom stereocenters. The van der Waals surface area contributed by atoms with Crippen molar-refractivity contribution in [2.24, 2.45) is 0 Å². The standard InChI is InChI=1S/C23H27N3O3/c1-17(27)19-3-7-21(8-4-19)24-23(29)11-12-25-13-15-26(16-14-25)22-9-5-20(6-10-22)18(2)28/h3-10H,11-16H2,1-2H3,(H,24,29). The molecule has 152 valence electrons. The van der Waals surface area contributed by atoms with Crippen molar-refractivity contribution in [2.45, 2.75) is 20.3 Å². The van der Waals surface area contributed by atoms with Crippen LogP contribution in [0.15, 0.2) is 48.5 Å². The van der Waals surface area contributed by atoms with Gasteiger partial charge >= 0.3 is 0 Å². The maximum atomic E-state index is 12.2. The second-order valence-electron chi connectivity index (χ2n) is 7.36. The number of piperazine rings is 1. The Bertz CT molecular complexity index is 867. The van der Waals surface area contributed by atoms with E-state index in [4.69, 9.17) is 0 Å². The fourth-order valence-electron chi connectivity index (χ4n) is 3.41. The molecule has 1 amide bonds. The molecule has 0 saturated carbocycles. The van der Waals surface area contributed by atoms with E-state index in [1.807, 2.05) is 24.3 Å². The third kappa shape index (κ3) is 5.74. The minimum Gasteiger partial charge on any atom is -0.369 e. The number of carbonyl (C=O) groups is 3. The molecule has 6 heteroatoms. The maximum absolute atomic E-state index is 12.2. The van der Waals surface area contributed by atoms with Crippen LogP contribution in [0.4, 0.5) is 11.4 Å². The van der Waals surface area contributed by atoms with E-state index < -0.39 is 0 Å². The van der Waals surface area contributed by atoms with E-state index in [0.29, 0.717) is 24.2 Å². The molecule has 0 aliphatic carbocycles. The molecule has 1 N–H and O–H groups in total.